The standard InChI is InChI=1S/C24H19NO2/c26-22-12-6-4-10-19(22)20-14-13-16-7-1-3-9-18(16)23(20)24-25-21-11-5-2-8-17(21)15-27-24/h1-14,24-26H,15H2. The van der Waals surface area contributed by atoms with E-state index in [9.17, 15) is 5.11 Å². The maximum atomic E-state index is 10.5. The van der Waals surface area contributed by atoms with Crippen molar-refractivity contribution in [2.75, 3.05) is 5.32 Å². The molecule has 0 bridgehead atoms. The van der Waals surface area contributed by atoms with E-state index < -0.39 is 0 Å². The first-order valence-electron chi connectivity index (χ1n) is 9.07. The van der Waals surface area contributed by atoms with Crippen molar-refractivity contribution in [1.29, 1.82) is 0 Å². The molecule has 3 heteroatoms. The summed E-state index contributed by atoms with van der Waals surface area (Å²) >= 11 is 0. The Morgan fingerprint density at radius 3 is 2.48 bits per heavy atom. The van der Waals surface area contributed by atoms with Crippen LogP contribution in [0, 0.1) is 0 Å². The topological polar surface area (TPSA) is 41.5 Å². The maximum Gasteiger partial charge on any atom is 0.155 e. The summed E-state index contributed by atoms with van der Waals surface area (Å²) in [6, 6.07) is 28.1. The molecule has 132 valence electrons. The van der Waals surface area contributed by atoms with Gasteiger partial charge in [-0.2, -0.15) is 0 Å². The van der Waals surface area contributed by atoms with Crippen molar-refractivity contribution in [1.82, 2.24) is 0 Å². The molecule has 1 atom stereocenters. The maximum absolute atomic E-state index is 10.5. The molecule has 0 radical (unpaired) electrons. The van der Waals surface area contributed by atoms with E-state index in [1.165, 1.54) is 0 Å². The molecule has 0 saturated carbocycles. The number of phenols is 1. The average molecular weight is 353 g/mol. The normalized spacial score (nSPS) is 15.9. The molecule has 1 aliphatic rings. The summed E-state index contributed by atoms with van der Waals surface area (Å²) in [4.78, 5) is 0. The monoisotopic (exact) mass is 353 g/mol. The Balaban J connectivity index is 1.73. The van der Waals surface area contributed by atoms with E-state index in [4.69, 9.17) is 4.74 Å². The number of anilines is 1. The van der Waals surface area contributed by atoms with Crippen molar-refractivity contribution < 1.29 is 9.84 Å². The molecule has 5 rings (SSSR count). The van der Waals surface area contributed by atoms with Crippen LogP contribution in [0.2, 0.25) is 0 Å². The van der Waals surface area contributed by atoms with Gasteiger partial charge in [0.05, 0.1) is 6.61 Å². The predicted octanol–water partition coefficient (Wildman–Crippen LogP) is 5.85. The Labute approximate surface area is 157 Å². The number of rotatable bonds is 2. The van der Waals surface area contributed by atoms with Gasteiger partial charge in [0.15, 0.2) is 6.23 Å². The summed E-state index contributed by atoms with van der Waals surface area (Å²) in [6.45, 7) is 0.553. The van der Waals surface area contributed by atoms with Crippen LogP contribution in [0.4, 0.5) is 5.69 Å². The van der Waals surface area contributed by atoms with Gasteiger partial charge in [-0.25, -0.2) is 0 Å². The molecule has 2 N–H and O–H groups in total. The first-order chi connectivity index (χ1) is 13.3. The zero-order valence-corrected chi connectivity index (χ0v) is 14.7. The molecule has 0 aliphatic carbocycles. The first-order valence-corrected chi connectivity index (χ1v) is 9.07. The van der Waals surface area contributed by atoms with Gasteiger partial charge in [0.1, 0.15) is 5.75 Å². The van der Waals surface area contributed by atoms with Crippen LogP contribution >= 0.6 is 0 Å². The Hall–Kier alpha value is -3.30. The number of hydrogen-bond donors (Lipinski definition) is 2. The van der Waals surface area contributed by atoms with Crippen LogP contribution in [0.5, 0.6) is 5.75 Å². The lowest BCUT2D eigenvalue weighted by Gasteiger charge is -2.30. The van der Waals surface area contributed by atoms with Crippen molar-refractivity contribution in [3.8, 4) is 16.9 Å². The van der Waals surface area contributed by atoms with Crippen LogP contribution in [-0.4, -0.2) is 5.11 Å². The fourth-order valence-corrected chi connectivity index (χ4v) is 3.81. The highest BCUT2D eigenvalue weighted by Crippen LogP contribution is 2.41. The summed E-state index contributed by atoms with van der Waals surface area (Å²) in [5, 5.41) is 16.3. The van der Waals surface area contributed by atoms with E-state index >= 15 is 0 Å². The van der Waals surface area contributed by atoms with Crippen LogP contribution in [0.15, 0.2) is 84.9 Å². The van der Waals surface area contributed by atoms with Gasteiger partial charge < -0.3 is 15.2 Å². The first kappa shape index (κ1) is 15.9. The number of phenolic OH excluding ortho intramolecular Hbond substituents is 1. The molecule has 0 saturated heterocycles. The second kappa shape index (κ2) is 6.45. The molecule has 27 heavy (non-hydrogen) atoms. The van der Waals surface area contributed by atoms with E-state index in [-0.39, 0.29) is 12.0 Å². The van der Waals surface area contributed by atoms with E-state index in [2.05, 4.69) is 41.7 Å². The minimum Gasteiger partial charge on any atom is -0.507 e. The second-order valence-corrected chi connectivity index (χ2v) is 6.76. The number of para-hydroxylation sites is 2. The molecular formula is C24H19NO2. The van der Waals surface area contributed by atoms with E-state index in [1.54, 1.807) is 6.07 Å². The third-order valence-electron chi connectivity index (χ3n) is 5.14. The van der Waals surface area contributed by atoms with Crippen molar-refractivity contribution in [3.05, 3.63) is 96.1 Å². The fourth-order valence-electron chi connectivity index (χ4n) is 3.81. The molecule has 1 heterocycles. The fraction of sp³-hybridized carbons (Fsp3) is 0.0833. The Kier molecular flexibility index (Phi) is 3.80. The van der Waals surface area contributed by atoms with E-state index in [0.717, 1.165) is 38.7 Å². The summed E-state index contributed by atoms with van der Waals surface area (Å²) in [5.41, 5.74) is 5.07. The summed E-state index contributed by atoms with van der Waals surface area (Å²) in [6.07, 6.45) is -0.291. The lowest BCUT2D eigenvalue weighted by Crippen LogP contribution is -2.21. The van der Waals surface area contributed by atoms with Crippen molar-refractivity contribution in [3.63, 3.8) is 0 Å². The quantitative estimate of drug-likeness (QED) is 0.475. The molecular weight excluding hydrogens is 334 g/mol. The Morgan fingerprint density at radius 2 is 1.56 bits per heavy atom. The molecule has 3 nitrogen and oxygen atoms in total. The Bertz CT molecular complexity index is 1140. The lowest BCUT2D eigenvalue weighted by atomic mass is 9.92. The number of ether oxygens (including phenoxy) is 1. The number of fused-ring (bicyclic) bond motifs is 2. The summed E-state index contributed by atoms with van der Waals surface area (Å²) in [7, 11) is 0. The molecule has 0 aromatic heterocycles. The molecule has 1 unspecified atom stereocenters. The third-order valence-corrected chi connectivity index (χ3v) is 5.14. The number of nitrogens with one attached hydrogen (secondary N) is 1. The van der Waals surface area contributed by atoms with Gasteiger partial charge in [-0.05, 0) is 28.5 Å². The van der Waals surface area contributed by atoms with Crippen LogP contribution in [-0.2, 0) is 11.3 Å². The van der Waals surface area contributed by atoms with Crippen LogP contribution in [0.25, 0.3) is 21.9 Å². The highest BCUT2D eigenvalue weighted by atomic mass is 16.5. The largest absolute Gasteiger partial charge is 0.507 e. The van der Waals surface area contributed by atoms with Gasteiger partial charge >= 0.3 is 0 Å². The predicted molar refractivity (Wildman–Crippen MR) is 109 cm³/mol. The Morgan fingerprint density at radius 1 is 0.778 bits per heavy atom. The molecule has 0 fully saturated rings. The van der Waals surface area contributed by atoms with Crippen LogP contribution in [0.1, 0.15) is 17.4 Å². The average Bonchev–Trinajstić information content (AvgIpc) is 2.73. The minimum absolute atomic E-state index is 0.269. The smallest absolute Gasteiger partial charge is 0.155 e. The van der Waals surface area contributed by atoms with Gasteiger partial charge in [0.2, 0.25) is 0 Å². The van der Waals surface area contributed by atoms with Gasteiger partial charge in [-0.15, -0.1) is 0 Å². The second-order valence-electron chi connectivity index (χ2n) is 6.76. The number of aromatic hydroxyl groups is 1. The van der Waals surface area contributed by atoms with Gasteiger partial charge in [0.25, 0.3) is 0 Å². The summed E-state index contributed by atoms with van der Waals surface area (Å²) < 4.78 is 6.21. The number of hydrogen-bond acceptors (Lipinski definition) is 3. The van der Waals surface area contributed by atoms with Gasteiger partial charge in [-0.3, -0.25) is 0 Å². The molecule has 4 aromatic carbocycles. The lowest BCUT2D eigenvalue weighted by molar-refractivity contribution is 0.0519. The van der Waals surface area contributed by atoms with Crippen molar-refractivity contribution in [2.45, 2.75) is 12.8 Å². The zero-order valence-electron chi connectivity index (χ0n) is 14.7. The SMILES string of the molecule is Oc1ccccc1-c1ccc2ccccc2c1C1Nc2ccccc2CO1. The highest BCUT2D eigenvalue weighted by Gasteiger charge is 2.25. The van der Waals surface area contributed by atoms with Gasteiger partial charge in [0, 0.05) is 22.4 Å². The van der Waals surface area contributed by atoms with Crippen molar-refractivity contribution in [2.24, 2.45) is 0 Å². The minimum atomic E-state index is -0.291. The third kappa shape index (κ3) is 2.73. The van der Waals surface area contributed by atoms with Gasteiger partial charge in [-0.1, -0.05) is 72.8 Å². The van der Waals surface area contributed by atoms with Crippen molar-refractivity contribution >= 4 is 16.5 Å². The molecule has 4 aromatic rings. The number of benzene rings is 4. The molecule has 0 amide bonds. The van der Waals surface area contributed by atoms with Crippen LogP contribution < -0.4 is 5.32 Å². The highest BCUT2D eigenvalue weighted by molar-refractivity contribution is 5.93. The van der Waals surface area contributed by atoms with E-state index in [0.29, 0.717) is 6.61 Å². The van der Waals surface area contributed by atoms with Crippen LogP contribution in [0.3, 0.4) is 0 Å². The zero-order chi connectivity index (χ0) is 18.2. The summed E-state index contributed by atoms with van der Waals surface area (Å²) in [5.74, 6) is 0.269. The molecule has 1 aliphatic heterocycles. The molecule has 0 spiro atoms. The van der Waals surface area contributed by atoms with E-state index in [1.807, 2.05) is 42.5 Å².